The largest absolute Gasteiger partial charge is 0.356 e. The first-order chi connectivity index (χ1) is 8.75. The molecule has 1 heterocycles. The summed E-state index contributed by atoms with van der Waals surface area (Å²) in [6.07, 6.45) is -0.526. The van der Waals surface area contributed by atoms with Crippen molar-refractivity contribution in [2.45, 2.75) is 12.2 Å². The Kier molecular flexibility index (Phi) is 2.90. The third kappa shape index (κ3) is 2.17. The summed E-state index contributed by atoms with van der Waals surface area (Å²) in [6.45, 7) is 0. The van der Waals surface area contributed by atoms with Crippen LogP contribution in [0, 0.1) is 0 Å². The summed E-state index contributed by atoms with van der Waals surface area (Å²) in [5.74, 6) is 0.0283. The van der Waals surface area contributed by atoms with Crippen molar-refractivity contribution >= 4 is 17.4 Å². The fraction of sp³-hybridized carbons (Fsp3) is 0.133. The molecule has 0 saturated carbocycles. The minimum atomic E-state index is -0.370. The molecule has 0 aromatic heterocycles. The highest BCUT2D eigenvalue weighted by Crippen LogP contribution is 2.41. The summed E-state index contributed by atoms with van der Waals surface area (Å²) in [7, 11) is 0. The van der Waals surface area contributed by atoms with E-state index in [-0.39, 0.29) is 18.0 Å². The number of hydrogen-bond donors (Lipinski definition) is 0. The topological polar surface area (TPSA) is 29.6 Å². The highest BCUT2D eigenvalue weighted by atomic mass is 35.5. The highest BCUT2D eigenvalue weighted by Gasteiger charge is 2.46. The average Bonchev–Trinajstić information content (AvgIpc) is 3.19. The molecule has 0 bridgehead atoms. The van der Waals surface area contributed by atoms with Gasteiger partial charge in [0.15, 0.2) is 11.9 Å². The second-order valence-corrected chi connectivity index (χ2v) is 4.70. The third-order valence-corrected chi connectivity index (χ3v) is 3.22. The summed E-state index contributed by atoms with van der Waals surface area (Å²) < 4.78 is 5.47. The van der Waals surface area contributed by atoms with Crippen LogP contribution < -0.4 is 0 Å². The van der Waals surface area contributed by atoms with E-state index in [0.29, 0.717) is 10.6 Å². The zero-order chi connectivity index (χ0) is 12.5. The van der Waals surface area contributed by atoms with Crippen molar-refractivity contribution in [2.24, 2.45) is 0 Å². The fourth-order valence-electron chi connectivity index (χ4n) is 2.02. The number of epoxide rings is 1. The second-order valence-electron chi connectivity index (χ2n) is 4.26. The molecule has 18 heavy (non-hydrogen) atoms. The van der Waals surface area contributed by atoms with Crippen LogP contribution in [-0.4, -0.2) is 11.9 Å². The molecular formula is C15H11ClO2. The number of carbonyl (C=O) groups is 1. The molecule has 1 fully saturated rings. The first-order valence-corrected chi connectivity index (χ1v) is 6.14. The lowest BCUT2D eigenvalue weighted by molar-refractivity contribution is 0.0953. The summed E-state index contributed by atoms with van der Waals surface area (Å²) in [4.78, 5) is 12.1. The van der Waals surface area contributed by atoms with Gasteiger partial charge in [0.1, 0.15) is 6.10 Å². The zero-order valence-electron chi connectivity index (χ0n) is 9.55. The van der Waals surface area contributed by atoms with Gasteiger partial charge in [-0.2, -0.15) is 0 Å². The van der Waals surface area contributed by atoms with Gasteiger partial charge in [0.05, 0.1) is 0 Å². The van der Waals surface area contributed by atoms with Crippen molar-refractivity contribution in [1.29, 1.82) is 0 Å². The summed E-state index contributed by atoms with van der Waals surface area (Å²) in [5.41, 5.74) is 1.64. The Labute approximate surface area is 110 Å². The number of benzene rings is 2. The van der Waals surface area contributed by atoms with Gasteiger partial charge in [-0.1, -0.05) is 54.1 Å². The molecule has 2 aromatic carbocycles. The van der Waals surface area contributed by atoms with E-state index in [1.54, 1.807) is 12.1 Å². The standard InChI is InChI=1S/C15H11ClO2/c16-12-8-4-7-11(9-12)14-15(18-14)13(17)10-5-2-1-3-6-10/h1-9,14-15H/t14-,15-/m1/s1. The molecule has 3 heteroatoms. The Morgan fingerprint density at radius 2 is 1.83 bits per heavy atom. The van der Waals surface area contributed by atoms with Crippen molar-refractivity contribution in [3.63, 3.8) is 0 Å². The van der Waals surface area contributed by atoms with Gasteiger partial charge in [0, 0.05) is 10.6 Å². The van der Waals surface area contributed by atoms with Crippen molar-refractivity contribution in [3.05, 3.63) is 70.7 Å². The Balaban J connectivity index is 1.77. The minimum Gasteiger partial charge on any atom is -0.356 e. The Hall–Kier alpha value is -1.64. The van der Waals surface area contributed by atoms with Crippen LogP contribution in [0.1, 0.15) is 22.0 Å². The van der Waals surface area contributed by atoms with Gasteiger partial charge >= 0.3 is 0 Å². The molecule has 90 valence electrons. The Morgan fingerprint density at radius 1 is 1.06 bits per heavy atom. The van der Waals surface area contributed by atoms with Crippen molar-refractivity contribution in [1.82, 2.24) is 0 Å². The number of hydrogen-bond acceptors (Lipinski definition) is 2. The Morgan fingerprint density at radius 3 is 2.56 bits per heavy atom. The van der Waals surface area contributed by atoms with Crippen LogP contribution in [0.5, 0.6) is 0 Å². The third-order valence-electron chi connectivity index (χ3n) is 2.99. The van der Waals surface area contributed by atoms with Gasteiger partial charge in [0.2, 0.25) is 0 Å². The van der Waals surface area contributed by atoms with Crippen LogP contribution in [-0.2, 0) is 4.74 Å². The SMILES string of the molecule is O=C(c1ccccc1)[C@H]1O[C@@H]1c1cccc(Cl)c1. The Bertz CT molecular complexity index is 580. The molecule has 0 radical (unpaired) electrons. The summed E-state index contributed by atoms with van der Waals surface area (Å²) in [5, 5.41) is 0.661. The van der Waals surface area contributed by atoms with Crippen molar-refractivity contribution < 1.29 is 9.53 Å². The molecule has 1 aliphatic heterocycles. The van der Waals surface area contributed by atoms with E-state index in [1.807, 2.05) is 42.5 Å². The lowest BCUT2D eigenvalue weighted by Gasteiger charge is -1.98. The number of rotatable bonds is 3. The number of ketones is 1. The molecule has 2 nitrogen and oxygen atoms in total. The molecule has 0 N–H and O–H groups in total. The van der Waals surface area contributed by atoms with Crippen molar-refractivity contribution in [2.75, 3.05) is 0 Å². The first kappa shape index (κ1) is 11.5. The molecule has 0 unspecified atom stereocenters. The van der Waals surface area contributed by atoms with E-state index in [1.165, 1.54) is 0 Å². The number of carbonyl (C=O) groups excluding carboxylic acids is 1. The number of ether oxygens (including phenoxy) is 1. The summed E-state index contributed by atoms with van der Waals surface area (Å²) in [6, 6.07) is 16.6. The van der Waals surface area contributed by atoms with E-state index >= 15 is 0 Å². The van der Waals surface area contributed by atoms with E-state index in [4.69, 9.17) is 16.3 Å². The van der Waals surface area contributed by atoms with Gasteiger partial charge in [-0.25, -0.2) is 0 Å². The van der Waals surface area contributed by atoms with Crippen LogP contribution in [0.4, 0.5) is 0 Å². The maximum Gasteiger partial charge on any atom is 0.194 e. The molecule has 0 amide bonds. The number of Topliss-reactive ketones (excluding diaryl/α,β-unsaturated/α-hetero) is 1. The summed E-state index contributed by atoms with van der Waals surface area (Å²) >= 11 is 5.92. The van der Waals surface area contributed by atoms with E-state index in [2.05, 4.69) is 0 Å². The second kappa shape index (κ2) is 4.56. The van der Waals surface area contributed by atoms with Gasteiger partial charge in [-0.05, 0) is 17.7 Å². The number of halogens is 1. The van der Waals surface area contributed by atoms with Crippen molar-refractivity contribution in [3.8, 4) is 0 Å². The minimum absolute atomic E-state index is 0.0283. The van der Waals surface area contributed by atoms with Crippen LogP contribution in [0.25, 0.3) is 0 Å². The fourth-order valence-corrected chi connectivity index (χ4v) is 2.21. The molecule has 0 spiro atoms. The predicted octanol–water partition coefficient (Wildman–Crippen LogP) is 3.66. The first-order valence-electron chi connectivity index (χ1n) is 5.76. The molecule has 3 rings (SSSR count). The van der Waals surface area contributed by atoms with Crippen LogP contribution in [0.2, 0.25) is 5.02 Å². The van der Waals surface area contributed by atoms with E-state index in [0.717, 1.165) is 5.56 Å². The molecule has 2 atom stereocenters. The average molecular weight is 259 g/mol. The van der Waals surface area contributed by atoms with Gasteiger partial charge < -0.3 is 4.74 Å². The molecule has 0 aliphatic carbocycles. The normalized spacial score (nSPS) is 21.6. The van der Waals surface area contributed by atoms with E-state index < -0.39 is 0 Å². The maximum atomic E-state index is 12.1. The zero-order valence-corrected chi connectivity index (χ0v) is 10.3. The van der Waals surface area contributed by atoms with Crippen LogP contribution >= 0.6 is 11.6 Å². The lowest BCUT2D eigenvalue weighted by Crippen LogP contribution is -2.07. The molecule has 2 aromatic rings. The monoisotopic (exact) mass is 258 g/mol. The highest BCUT2D eigenvalue weighted by molar-refractivity contribution is 6.30. The molecule has 1 saturated heterocycles. The maximum absolute atomic E-state index is 12.1. The lowest BCUT2D eigenvalue weighted by atomic mass is 10.0. The van der Waals surface area contributed by atoms with Crippen LogP contribution in [0.3, 0.4) is 0 Å². The van der Waals surface area contributed by atoms with E-state index in [9.17, 15) is 4.79 Å². The quantitative estimate of drug-likeness (QED) is 0.621. The molecular weight excluding hydrogens is 248 g/mol. The van der Waals surface area contributed by atoms with Crippen LogP contribution in [0.15, 0.2) is 54.6 Å². The smallest absolute Gasteiger partial charge is 0.194 e. The van der Waals surface area contributed by atoms with Gasteiger partial charge in [-0.15, -0.1) is 0 Å². The predicted molar refractivity (Wildman–Crippen MR) is 69.8 cm³/mol. The van der Waals surface area contributed by atoms with Gasteiger partial charge in [-0.3, -0.25) is 4.79 Å². The molecule has 1 aliphatic rings. The van der Waals surface area contributed by atoms with Gasteiger partial charge in [0.25, 0.3) is 0 Å².